The summed E-state index contributed by atoms with van der Waals surface area (Å²) in [5, 5.41) is 5.44. The molecular weight excluding hydrogens is 286 g/mol. The minimum absolute atomic E-state index is 0.0379. The van der Waals surface area contributed by atoms with Gasteiger partial charge >= 0.3 is 0 Å². The van der Waals surface area contributed by atoms with Crippen molar-refractivity contribution < 1.29 is 9.59 Å². The third-order valence-electron chi connectivity index (χ3n) is 2.49. The van der Waals surface area contributed by atoms with Gasteiger partial charge in [-0.3, -0.25) is 9.59 Å². The van der Waals surface area contributed by atoms with Crippen molar-refractivity contribution in [3.8, 4) is 0 Å². The number of hydrogen-bond donors (Lipinski definition) is 3. The van der Waals surface area contributed by atoms with Crippen molar-refractivity contribution >= 4 is 33.4 Å². The summed E-state index contributed by atoms with van der Waals surface area (Å²) >= 11 is 3.28. The Morgan fingerprint density at radius 3 is 2.82 bits per heavy atom. The molecule has 1 aromatic rings. The molecule has 0 saturated carbocycles. The van der Waals surface area contributed by atoms with Crippen molar-refractivity contribution in [3.05, 3.63) is 28.2 Å². The Bertz CT molecular complexity index is 456. The second-order valence-corrected chi connectivity index (χ2v) is 4.87. The summed E-state index contributed by atoms with van der Waals surface area (Å²) < 4.78 is 0.753. The van der Waals surface area contributed by atoms with Crippen LogP contribution in [0.1, 0.15) is 16.8 Å². The fourth-order valence-corrected chi connectivity index (χ4v) is 2.23. The monoisotopic (exact) mass is 297 g/mol. The molecule has 1 unspecified atom stereocenters. The zero-order valence-corrected chi connectivity index (χ0v) is 10.6. The highest BCUT2D eigenvalue weighted by molar-refractivity contribution is 9.10. The molecule has 6 heteroatoms. The Labute approximate surface area is 107 Å². The maximum absolute atomic E-state index is 11.9. The predicted octanol–water partition coefficient (Wildman–Crippen LogP) is 0.650. The van der Waals surface area contributed by atoms with Crippen LogP contribution >= 0.6 is 15.9 Å². The quantitative estimate of drug-likeness (QED) is 0.701. The highest BCUT2D eigenvalue weighted by Gasteiger charge is 2.23. The lowest BCUT2D eigenvalue weighted by atomic mass is 10.1. The molecule has 4 N–H and O–H groups in total. The number of nitrogens with two attached hydrogens (primary N) is 1. The van der Waals surface area contributed by atoms with E-state index in [2.05, 4.69) is 26.6 Å². The number of carbonyl (C=O) groups excluding carboxylic acids is 2. The lowest BCUT2D eigenvalue weighted by Crippen LogP contribution is -2.36. The van der Waals surface area contributed by atoms with Crippen molar-refractivity contribution in [1.29, 1.82) is 0 Å². The van der Waals surface area contributed by atoms with Gasteiger partial charge in [-0.1, -0.05) is 15.9 Å². The molecule has 1 aromatic carbocycles. The Kier molecular flexibility index (Phi) is 3.33. The van der Waals surface area contributed by atoms with Gasteiger partial charge in [-0.25, -0.2) is 0 Å². The summed E-state index contributed by atoms with van der Waals surface area (Å²) in [6, 6.07) is 4.87. The van der Waals surface area contributed by atoms with Gasteiger partial charge in [-0.15, -0.1) is 0 Å². The van der Waals surface area contributed by atoms with E-state index in [4.69, 9.17) is 5.73 Å². The first-order valence-corrected chi connectivity index (χ1v) is 5.97. The number of nitrogen functional groups attached to an aromatic ring is 1. The number of anilines is 1. The molecule has 1 atom stereocenters. The first-order valence-electron chi connectivity index (χ1n) is 5.18. The van der Waals surface area contributed by atoms with Crippen molar-refractivity contribution in [1.82, 2.24) is 10.6 Å². The minimum Gasteiger partial charge on any atom is -0.399 e. The van der Waals surface area contributed by atoms with Crippen LogP contribution in [-0.4, -0.2) is 24.4 Å². The molecule has 2 rings (SSSR count). The fraction of sp³-hybridized carbons (Fsp3) is 0.273. The van der Waals surface area contributed by atoms with Crippen LogP contribution in [0.15, 0.2) is 22.7 Å². The smallest absolute Gasteiger partial charge is 0.251 e. The molecule has 0 bridgehead atoms. The van der Waals surface area contributed by atoms with Crippen molar-refractivity contribution in [2.45, 2.75) is 12.5 Å². The van der Waals surface area contributed by atoms with Gasteiger partial charge in [0.15, 0.2) is 0 Å². The Balaban J connectivity index is 2.06. The highest BCUT2D eigenvalue weighted by Crippen LogP contribution is 2.17. The highest BCUT2D eigenvalue weighted by atomic mass is 79.9. The van der Waals surface area contributed by atoms with Crippen LogP contribution in [0.3, 0.4) is 0 Å². The standard InChI is InChI=1S/C11H12BrN3O2/c12-7-1-6(2-8(13)3-7)11(17)15-9-4-10(16)14-5-9/h1-3,9H,4-5,13H2,(H,14,16)(H,15,17). The van der Waals surface area contributed by atoms with Crippen LogP contribution in [0, 0.1) is 0 Å². The van der Waals surface area contributed by atoms with Crippen LogP contribution in [0.2, 0.25) is 0 Å². The number of benzene rings is 1. The van der Waals surface area contributed by atoms with Crippen molar-refractivity contribution in [3.63, 3.8) is 0 Å². The van der Waals surface area contributed by atoms with Crippen molar-refractivity contribution in [2.24, 2.45) is 0 Å². The maximum Gasteiger partial charge on any atom is 0.251 e. The fourth-order valence-electron chi connectivity index (χ4n) is 1.72. The molecule has 0 aliphatic carbocycles. The SMILES string of the molecule is Nc1cc(Br)cc(C(=O)NC2CNC(=O)C2)c1. The van der Waals surface area contributed by atoms with E-state index in [9.17, 15) is 9.59 Å². The molecule has 1 saturated heterocycles. The third-order valence-corrected chi connectivity index (χ3v) is 2.95. The van der Waals surface area contributed by atoms with Crippen LogP contribution in [-0.2, 0) is 4.79 Å². The molecule has 0 aromatic heterocycles. The molecule has 1 aliphatic rings. The normalized spacial score (nSPS) is 18.9. The zero-order chi connectivity index (χ0) is 12.4. The van der Waals surface area contributed by atoms with Gasteiger partial charge in [-0.05, 0) is 18.2 Å². The van der Waals surface area contributed by atoms with Gasteiger partial charge in [0.25, 0.3) is 5.91 Å². The second-order valence-electron chi connectivity index (χ2n) is 3.95. The van der Waals surface area contributed by atoms with E-state index in [-0.39, 0.29) is 17.9 Å². The Hall–Kier alpha value is -1.56. The predicted molar refractivity (Wildman–Crippen MR) is 67.4 cm³/mol. The molecule has 0 spiro atoms. The molecule has 0 radical (unpaired) electrons. The summed E-state index contributed by atoms with van der Waals surface area (Å²) in [7, 11) is 0. The summed E-state index contributed by atoms with van der Waals surface area (Å²) in [5.41, 5.74) is 6.65. The van der Waals surface area contributed by atoms with Gasteiger partial charge in [0.05, 0.1) is 6.04 Å². The van der Waals surface area contributed by atoms with Crippen LogP contribution < -0.4 is 16.4 Å². The lowest BCUT2D eigenvalue weighted by molar-refractivity contribution is -0.119. The first-order chi connectivity index (χ1) is 8.04. The average molecular weight is 298 g/mol. The molecule has 1 heterocycles. The number of halogens is 1. The van der Waals surface area contributed by atoms with E-state index in [1.54, 1.807) is 18.2 Å². The molecule has 5 nitrogen and oxygen atoms in total. The van der Waals surface area contributed by atoms with E-state index in [1.165, 1.54) is 0 Å². The molecule has 1 aliphatic heterocycles. The van der Waals surface area contributed by atoms with Gasteiger partial charge in [0.2, 0.25) is 5.91 Å². The van der Waals surface area contributed by atoms with Crippen LogP contribution in [0.25, 0.3) is 0 Å². The van der Waals surface area contributed by atoms with Gasteiger partial charge in [0, 0.05) is 28.7 Å². The molecule has 17 heavy (non-hydrogen) atoms. The second kappa shape index (κ2) is 4.75. The van der Waals surface area contributed by atoms with E-state index < -0.39 is 0 Å². The summed E-state index contributed by atoms with van der Waals surface area (Å²) in [6.45, 7) is 0.480. The summed E-state index contributed by atoms with van der Waals surface area (Å²) in [4.78, 5) is 22.9. The van der Waals surface area contributed by atoms with Crippen molar-refractivity contribution in [2.75, 3.05) is 12.3 Å². The zero-order valence-electron chi connectivity index (χ0n) is 9.00. The van der Waals surface area contributed by atoms with Gasteiger partial charge < -0.3 is 16.4 Å². The van der Waals surface area contributed by atoms with E-state index in [0.717, 1.165) is 4.47 Å². The van der Waals surface area contributed by atoms with Crippen LogP contribution in [0.5, 0.6) is 0 Å². The maximum atomic E-state index is 11.9. The summed E-state index contributed by atoms with van der Waals surface area (Å²) in [5.74, 6) is -0.261. The molecular formula is C11H12BrN3O2. The van der Waals surface area contributed by atoms with Gasteiger partial charge in [0.1, 0.15) is 0 Å². The molecule has 1 fully saturated rings. The summed E-state index contributed by atoms with van der Waals surface area (Å²) in [6.07, 6.45) is 0.329. The van der Waals surface area contributed by atoms with Gasteiger partial charge in [-0.2, -0.15) is 0 Å². The number of rotatable bonds is 2. The lowest BCUT2D eigenvalue weighted by Gasteiger charge is -2.11. The van der Waals surface area contributed by atoms with E-state index >= 15 is 0 Å². The molecule has 2 amide bonds. The van der Waals surface area contributed by atoms with E-state index in [0.29, 0.717) is 24.2 Å². The largest absolute Gasteiger partial charge is 0.399 e. The topological polar surface area (TPSA) is 84.2 Å². The Morgan fingerprint density at radius 2 is 2.24 bits per heavy atom. The average Bonchev–Trinajstić information content (AvgIpc) is 2.62. The Morgan fingerprint density at radius 1 is 1.47 bits per heavy atom. The molecule has 90 valence electrons. The number of nitrogens with one attached hydrogen (secondary N) is 2. The minimum atomic E-state index is -0.223. The number of amides is 2. The number of carbonyl (C=O) groups is 2. The van der Waals surface area contributed by atoms with Crippen LogP contribution in [0.4, 0.5) is 5.69 Å². The first kappa shape index (κ1) is 11.9. The number of hydrogen-bond acceptors (Lipinski definition) is 3. The van der Waals surface area contributed by atoms with E-state index in [1.807, 2.05) is 0 Å². The third kappa shape index (κ3) is 2.97.